The number of hydrazine groups is 1. The van der Waals surface area contributed by atoms with E-state index >= 15 is 0 Å². The Bertz CT molecular complexity index is 656. The number of halogens is 3. The maximum Gasteiger partial charge on any atom is 0.406 e. The molecule has 0 aromatic carbocycles. The van der Waals surface area contributed by atoms with Gasteiger partial charge in [-0.25, -0.2) is 0 Å². The number of hydrogen-bond donors (Lipinski definition) is 3. The molecule has 5 unspecified atom stereocenters. The van der Waals surface area contributed by atoms with Gasteiger partial charge >= 0.3 is 6.18 Å². The lowest BCUT2D eigenvalue weighted by Gasteiger charge is -2.50. The van der Waals surface area contributed by atoms with E-state index in [1.807, 2.05) is 12.1 Å². The van der Waals surface area contributed by atoms with Gasteiger partial charge in [0.1, 0.15) is 6.54 Å². The first-order valence-electron chi connectivity index (χ1n) is 8.94. The largest absolute Gasteiger partial charge is 0.406 e. The van der Waals surface area contributed by atoms with Crippen LogP contribution in [-0.2, 0) is 4.79 Å². The van der Waals surface area contributed by atoms with Crippen LogP contribution in [0.4, 0.5) is 18.9 Å². The first-order valence-corrected chi connectivity index (χ1v) is 8.94. The Morgan fingerprint density at radius 3 is 2.92 bits per heavy atom. The number of nitrogens with zero attached hydrogens (tertiary/aromatic N) is 2. The Balaban J connectivity index is 1.55. The molecule has 2 aliphatic heterocycles. The lowest BCUT2D eigenvalue weighted by molar-refractivity contribution is -0.178. The van der Waals surface area contributed by atoms with Crippen LogP contribution in [0.3, 0.4) is 0 Å². The second kappa shape index (κ2) is 6.70. The van der Waals surface area contributed by atoms with E-state index in [0.717, 1.165) is 23.4 Å². The van der Waals surface area contributed by atoms with Gasteiger partial charge in [-0.15, -0.1) is 0 Å². The van der Waals surface area contributed by atoms with E-state index in [-0.39, 0.29) is 18.0 Å². The fourth-order valence-electron chi connectivity index (χ4n) is 4.69. The fraction of sp³-hybridized carbons (Fsp3) is 0.647. The van der Waals surface area contributed by atoms with Crippen molar-refractivity contribution in [3.8, 4) is 0 Å². The van der Waals surface area contributed by atoms with E-state index < -0.39 is 30.6 Å². The van der Waals surface area contributed by atoms with Crippen molar-refractivity contribution in [3.05, 3.63) is 24.5 Å². The van der Waals surface area contributed by atoms with Gasteiger partial charge in [0.15, 0.2) is 0 Å². The molecule has 3 N–H and O–H groups in total. The maximum atomic E-state index is 13.1. The van der Waals surface area contributed by atoms with Crippen LogP contribution >= 0.6 is 0 Å². The SMILES string of the molecule is O=C1C2CNNC2C2CCC(Nc3cccnc3)CC2N1CC(F)(F)F. The third kappa shape index (κ3) is 3.37. The number of alkyl halides is 3. The Hall–Kier alpha value is -1.87. The summed E-state index contributed by atoms with van der Waals surface area (Å²) in [5.41, 5.74) is 6.93. The number of hydrogen-bond acceptors (Lipinski definition) is 5. The minimum absolute atomic E-state index is 0.0231. The van der Waals surface area contributed by atoms with Gasteiger partial charge in [-0.3, -0.25) is 20.6 Å². The maximum absolute atomic E-state index is 13.1. The molecule has 1 aromatic rings. The van der Waals surface area contributed by atoms with Gasteiger partial charge in [0, 0.05) is 37.1 Å². The molecule has 2 saturated heterocycles. The summed E-state index contributed by atoms with van der Waals surface area (Å²) < 4.78 is 39.3. The average molecular weight is 369 g/mol. The Labute approximate surface area is 149 Å². The number of fused-ring (bicyclic) bond motifs is 3. The molecule has 0 bridgehead atoms. The highest BCUT2D eigenvalue weighted by Crippen LogP contribution is 2.41. The minimum Gasteiger partial charge on any atom is -0.381 e. The fourth-order valence-corrected chi connectivity index (χ4v) is 4.69. The van der Waals surface area contributed by atoms with Crippen LogP contribution in [0.25, 0.3) is 0 Å². The zero-order chi connectivity index (χ0) is 18.3. The number of pyridine rings is 1. The number of piperidine rings is 1. The van der Waals surface area contributed by atoms with Gasteiger partial charge in [-0.2, -0.15) is 13.2 Å². The molecule has 1 saturated carbocycles. The molecule has 0 spiro atoms. The smallest absolute Gasteiger partial charge is 0.381 e. The summed E-state index contributed by atoms with van der Waals surface area (Å²) in [6, 6.07) is 3.22. The molecule has 1 amide bonds. The Morgan fingerprint density at radius 2 is 2.19 bits per heavy atom. The molecular weight excluding hydrogens is 347 g/mol. The third-order valence-corrected chi connectivity index (χ3v) is 5.74. The highest BCUT2D eigenvalue weighted by molar-refractivity contribution is 5.82. The molecule has 26 heavy (non-hydrogen) atoms. The standard InChI is InChI=1S/C17H22F3N5O/c18-17(19,20)9-25-14-6-10(23-11-2-1-5-21-7-11)3-4-12(14)15-13(16(25)26)8-22-24-15/h1-2,5,7,10,12-15,22-24H,3-4,6,8-9H2. The van der Waals surface area contributed by atoms with Crippen LogP contribution in [0.5, 0.6) is 0 Å². The molecule has 6 nitrogen and oxygen atoms in total. The lowest BCUT2D eigenvalue weighted by atomic mass is 9.70. The van der Waals surface area contributed by atoms with E-state index in [0.29, 0.717) is 13.0 Å². The van der Waals surface area contributed by atoms with Gasteiger partial charge in [-0.1, -0.05) is 0 Å². The van der Waals surface area contributed by atoms with Crippen LogP contribution in [0.15, 0.2) is 24.5 Å². The molecular formula is C17H22F3N5O. The number of anilines is 1. The molecule has 1 aliphatic carbocycles. The number of carbonyl (C=O) groups excluding carboxylic acids is 1. The van der Waals surface area contributed by atoms with Crippen LogP contribution in [-0.4, -0.2) is 53.2 Å². The molecule has 3 fully saturated rings. The van der Waals surface area contributed by atoms with E-state index in [4.69, 9.17) is 0 Å². The third-order valence-electron chi connectivity index (χ3n) is 5.74. The second-order valence-electron chi connectivity index (χ2n) is 7.37. The van der Waals surface area contributed by atoms with Gasteiger partial charge in [-0.05, 0) is 37.3 Å². The Morgan fingerprint density at radius 1 is 1.35 bits per heavy atom. The summed E-state index contributed by atoms with van der Waals surface area (Å²) in [5, 5.41) is 3.35. The Kier molecular flexibility index (Phi) is 4.52. The van der Waals surface area contributed by atoms with Gasteiger partial charge < -0.3 is 10.2 Å². The minimum atomic E-state index is -4.39. The highest BCUT2D eigenvalue weighted by Gasteiger charge is 2.54. The van der Waals surface area contributed by atoms with E-state index in [2.05, 4.69) is 21.2 Å². The topological polar surface area (TPSA) is 69.3 Å². The first-order chi connectivity index (χ1) is 12.4. The lowest BCUT2D eigenvalue weighted by Crippen LogP contribution is -2.64. The average Bonchev–Trinajstić information content (AvgIpc) is 3.08. The number of likely N-dealkylation sites (tertiary alicyclic amines) is 1. The van der Waals surface area contributed by atoms with Gasteiger partial charge in [0.25, 0.3) is 0 Å². The molecule has 5 atom stereocenters. The summed E-state index contributed by atoms with van der Waals surface area (Å²) in [7, 11) is 0. The second-order valence-corrected chi connectivity index (χ2v) is 7.37. The van der Waals surface area contributed by atoms with E-state index in [1.165, 1.54) is 0 Å². The van der Waals surface area contributed by atoms with E-state index in [1.54, 1.807) is 12.4 Å². The predicted octanol–water partition coefficient (Wildman–Crippen LogP) is 1.53. The van der Waals surface area contributed by atoms with Crippen molar-refractivity contribution in [2.24, 2.45) is 11.8 Å². The molecule has 3 aliphatic rings. The summed E-state index contributed by atoms with van der Waals surface area (Å²) >= 11 is 0. The van der Waals surface area contributed by atoms with Crippen molar-refractivity contribution in [3.63, 3.8) is 0 Å². The zero-order valence-corrected chi connectivity index (χ0v) is 14.2. The van der Waals surface area contributed by atoms with Crippen LogP contribution in [0, 0.1) is 11.8 Å². The van der Waals surface area contributed by atoms with Crippen molar-refractivity contribution < 1.29 is 18.0 Å². The summed E-state index contributed by atoms with van der Waals surface area (Å²) in [6.07, 6.45) is 1.12. The highest BCUT2D eigenvalue weighted by atomic mass is 19.4. The van der Waals surface area contributed by atoms with E-state index in [9.17, 15) is 18.0 Å². The monoisotopic (exact) mass is 369 g/mol. The van der Waals surface area contributed by atoms with Crippen LogP contribution in [0.1, 0.15) is 19.3 Å². The quantitative estimate of drug-likeness (QED) is 0.754. The number of rotatable bonds is 3. The summed E-state index contributed by atoms with van der Waals surface area (Å²) in [5.74, 6) is -0.781. The van der Waals surface area contributed by atoms with Gasteiger partial charge in [0.2, 0.25) is 5.91 Å². The summed E-state index contributed by atoms with van der Waals surface area (Å²) in [4.78, 5) is 17.9. The van der Waals surface area contributed by atoms with Crippen molar-refractivity contribution >= 4 is 11.6 Å². The zero-order valence-electron chi connectivity index (χ0n) is 14.2. The number of carbonyl (C=O) groups is 1. The van der Waals surface area contributed by atoms with Crippen molar-refractivity contribution in [1.29, 1.82) is 0 Å². The molecule has 142 valence electrons. The molecule has 1 aromatic heterocycles. The summed E-state index contributed by atoms with van der Waals surface area (Å²) in [6.45, 7) is -0.783. The number of amides is 1. The van der Waals surface area contributed by atoms with Crippen LogP contribution < -0.4 is 16.2 Å². The van der Waals surface area contributed by atoms with Crippen LogP contribution in [0.2, 0.25) is 0 Å². The number of nitrogens with one attached hydrogen (secondary N) is 3. The predicted molar refractivity (Wildman–Crippen MR) is 89.0 cm³/mol. The normalized spacial score (nSPS) is 34.3. The molecule has 9 heteroatoms. The van der Waals surface area contributed by atoms with Crippen molar-refractivity contribution in [1.82, 2.24) is 20.7 Å². The number of aromatic nitrogens is 1. The first kappa shape index (κ1) is 17.5. The van der Waals surface area contributed by atoms with Gasteiger partial charge in [0.05, 0.1) is 11.6 Å². The van der Waals surface area contributed by atoms with Crippen molar-refractivity contribution in [2.75, 3.05) is 18.4 Å². The van der Waals surface area contributed by atoms with Crippen molar-refractivity contribution in [2.45, 2.75) is 43.6 Å². The molecule has 0 radical (unpaired) electrons. The molecule has 4 rings (SSSR count). The molecule has 3 heterocycles.